The summed E-state index contributed by atoms with van der Waals surface area (Å²) in [6.45, 7) is 11.6. The third-order valence-electron chi connectivity index (χ3n) is 5.30. The van der Waals surface area contributed by atoms with Gasteiger partial charge in [0.1, 0.15) is 0 Å². The van der Waals surface area contributed by atoms with Crippen LogP contribution in [0.15, 0.2) is 67.4 Å². The van der Waals surface area contributed by atoms with Crippen LogP contribution >= 0.6 is 11.6 Å². The van der Waals surface area contributed by atoms with Gasteiger partial charge in [0.05, 0.1) is 16.9 Å². The average Bonchev–Trinajstić information content (AvgIpc) is 2.87. The summed E-state index contributed by atoms with van der Waals surface area (Å²) in [6.07, 6.45) is 2.80. The Labute approximate surface area is 206 Å². The fourth-order valence-electron chi connectivity index (χ4n) is 3.54. The van der Waals surface area contributed by atoms with E-state index in [2.05, 4.69) is 56.2 Å². The van der Waals surface area contributed by atoms with E-state index < -0.39 is 0 Å². The predicted octanol–water partition coefficient (Wildman–Crippen LogP) is 5.44. The molecule has 0 bridgehead atoms. The van der Waals surface area contributed by atoms with E-state index in [9.17, 15) is 4.79 Å². The lowest BCUT2D eigenvalue weighted by molar-refractivity contribution is -0.111. The number of nitrogens with zero attached hydrogens (tertiary/aromatic N) is 4. The van der Waals surface area contributed by atoms with Gasteiger partial charge in [-0.1, -0.05) is 50.2 Å². The summed E-state index contributed by atoms with van der Waals surface area (Å²) >= 11 is 6.39. The van der Waals surface area contributed by atoms with E-state index in [0.717, 1.165) is 37.4 Å². The SMILES string of the molecule is C=CC(=O)Nc1cccc(-c2nc(Nc3cccc(N4CCN(C)CC4)c3)ncc2Cl)c1.CC. The fraction of sp³-hybridized carbons (Fsp3) is 0.269. The molecule has 8 heteroatoms. The zero-order valence-corrected chi connectivity index (χ0v) is 20.6. The molecule has 0 aliphatic carbocycles. The maximum atomic E-state index is 11.6. The van der Waals surface area contributed by atoms with Crippen molar-refractivity contribution in [3.05, 3.63) is 72.4 Å². The van der Waals surface area contributed by atoms with Crippen LogP contribution < -0.4 is 15.5 Å². The number of amides is 1. The standard InChI is InChI=1S/C24H25ClN6O.C2H6/c1-3-22(32)27-18-7-4-6-17(14-18)23-21(25)16-26-24(29-23)28-19-8-5-9-20(15-19)31-12-10-30(2)11-13-31;1-2/h3-9,14-16H,1,10-13H2,2H3,(H,27,32)(H,26,28,29);1-2H3. The van der Waals surface area contributed by atoms with Crippen molar-refractivity contribution in [1.82, 2.24) is 14.9 Å². The summed E-state index contributed by atoms with van der Waals surface area (Å²) in [5.74, 6) is 0.166. The van der Waals surface area contributed by atoms with Crippen LogP contribution in [0.2, 0.25) is 5.02 Å². The summed E-state index contributed by atoms with van der Waals surface area (Å²) in [7, 11) is 2.15. The molecule has 0 saturated carbocycles. The minimum absolute atomic E-state index is 0.279. The molecule has 1 aliphatic heterocycles. The highest BCUT2D eigenvalue weighted by molar-refractivity contribution is 6.33. The Morgan fingerprint density at radius 2 is 1.76 bits per heavy atom. The van der Waals surface area contributed by atoms with Crippen LogP contribution in [0, 0.1) is 0 Å². The van der Waals surface area contributed by atoms with Gasteiger partial charge < -0.3 is 20.4 Å². The molecule has 1 fully saturated rings. The summed E-state index contributed by atoms with van der Waals surface area (Å²) in [6, 6.07) is 15.6. The summed E-state index contributed by atoms with van der Waals surface area (Å²) in [5.41, 5.74) is 4.06. The first-order valence-electron chi connectivity index (χ1n) is 11.4. The summed E-state index contributed by atoms with van der Waals surface area (Å²) < 4.78 is 0. The number of halogens is 1. The molecular weight excluding hydrogens is 448 g/mol. The van der Waals surface area contributed by atoms with E-state index in [-0.39, 0.29) is 5.91 Å². The number of likely N-dealkylation sites (N-methyl/N-ethyl adjacent to an activating group) is 1. The highest BCUT2D eigenvalue weighted by Crippen LogP contribution is 2.29. The first-order chi connectivity index (χ1) is 16.5. The summed E-state index contributed by atoms with van der Waals surface area (Å²) in [4.78, 5) is 25.3. The molecule has 0 unspecified atom stereocenters. The van der Waals surface area contributed by atoms with Gasteiger partial charge in [0.2, 0.25) is 11.9 Å². The van der Waals surface area contributed by atoms with Crippen LogP contribution in [0.4, 0.5) is 23.0 Å². The highest BCUT2D eigenvalue weighted by atomic mass is 35.5. The molecule has 2 heterocycles. The number of aromatic nitrogens is 2. The van der Waals surface area contributed by atoms with E-state index >= 15 is 0 Å². The minimum atomic E-state index is -0.279. The molecule has 1 saturated heterocycles. The lowest BCUT2D eigenvalue weighted by atomic mass is 10.1. The van der Waals surface area contributed by atoms with Gasteiger partial charge in [-0.15, -0.1) is 0 Å². The second-order valence-electron chi connectivity index (χ2n) is 7.63. The van der Waals surface area contributed by atoms with Crippen LogP contribution in [-0.4, -0.2) is 54.0 Å². The lowest BCUT2D eigenvalue weighted by Crippen LogP contribution is -2.44. The topological polar surface area (TPSA) is 73.4 Å². The fourth-order valence-corrected chi connectivity index (χ4v) is 3.74. The number of carbonyl (C=O) groups is 1. The third-order valence-corrected chi connectivity index (χ3v) is 5.58. The Balaban J connectivity index is 0.00000158. The number of carbonyl (C=O) groups excluding carboxylic acids is 1. The minimum Gasteiger partial charge on any atom is -0.369 e. The molecule has 178 valence electrons. The Morgan fingerprint density at radius 1 is 1.06 bits per heavy atom. The first-order valence-corrected chi connectivity index (χ1v) is 11.8. The Morgan fingerprint density at radius 3 is 2.50 bits per heavy atom. The molecule has 7 nitrogen and oxygen atoms in total. The molecule has 2 aromatic carbocycles. The van der Waals surface area contributed by atoms with Crippen molar-refractivity contribution >= 4 is 40.5 Å². The summed E-state index contributed by atoms with van der Waals surface area (Å²) in [5, 5.41) is 6.46. The maximum Gasteiger partial charge on any atom is 0.247 e. The monoisotopic (exact) mass is 478 g/mol. The van der Waals surface area contributed by atoms with Crippen molar-refractivity contribution in [1.29, 1.82) is 0 Å². The third kappa shape index (κ3) is 6.56. The first kappa shape index (κ1) is 25.2. The second-order valence-corrected chi connectivity index (χ2v) is 8.04. The van der Waals surface area contributed by atoms with Gasteiger partial charge in [-0.3, -0.25) is 4.79 Å². The maximum absolute atomic E-state index is 11.6. The van der Waals surface area contributed by atoms with Gasteiger partial charge in [0.25, 0.3) is 0 Å². The molecule has 0 atom stereocenters. The predicted molar refractivity (Wildman–Crippen MR) is 142 cm³/mol. The van der Waals surface area contributed by atoms with Crippen LogP contribution in [0.3, 0.4) is 0 Å². The van der Waals surface area contributed by atoms with E-state index in [1.165, 1.54) is 11.8 Å². The largest absolute Gasteiger partial charge is 0.369 e. The molecule has 34 heavy (non-hydrogen) atoms. The number of hydrogen-bond donors (Lipinski definition) is 2. The second kappa shape index (κ2) is 12.2. The van der Waals surface area contributed by atoms with Crippen molar-refractivity contribution in [2.75, 3.05) is 48.8 Å². The molecule has 1 aromatic heterocycles. The molecular formula is C26H31ClN6O. The molecule has 4 rings (SSSR count). The number of hydrogen-bond acceptors (Lipinski definition) is 6. The van der Waals surface area contributed by atoms with Crippen molar-refractivity contribution in [2.24, 2.45) is 0 Å². The Kier molecular flexibility index (Phi) is 9.01. The number of rotatable bonds is 6. The van der Waals surface area contributed by atoms with E-state index in [4.69, 9.17) is 11.6 Å². The normalized spacial score (nSPS) is 13.5. The van der Waals surface area contributed by atoms with Crippen molar-refractivity contribution in [3.63, 3.8) is 0 Å². The van der Waals surface area contributed by atoms with Gasteiger partial charge in [-0.2, -0.15) is 0 Å². The van der Waals surface area contributed by atoms with E-state index in [0.29, 0.717) is 22.4 Å². The lowest BCUT2D eigenvalue weighted by Gasteiger charge is -2.34. The van der Waals surface area contributed by atoms with E-state index in [1.54, 1.807) is 12.3 Å². The van der Waals surface area contributed by atoms with Gasteiger partial charge in [-0.25, -0.2) is 9.97 Å². The number of piperazine rings is 1. The Bertz CT molecular complexity index is 1130. The zero-order valence-electron chi connectivity index (χ0n) is 19.9. The smallest absolute Gasteiger partial charge is 0.247 e. The van der Waals surface area contributed by atoms with Gasteiger partial charge >= 0.3 is 0 Å². The van der Waals surface area contributed by atoms with Crippen molar-refractivity contribution < 1.29 is 4.79 Å². The van der Waals surface area contributed by atoms with E-state index in [1.807, 2.05) is 44.2 Å². The zero-order chi connectivity index (χ0) is 24.5. The number of nitrogens with one attached hydrogen (secondary N) is 2. The average molecular weight is 479 g/mol. The number of anilines is 4. The Hall–Kier alpha value is -3.42. The van der Waals surface area contributed by atoms with Gasteiger partial charge in [0.15, 0.2) is 0 Å². The molecule has 3 aromatic rings. The van der Waals surface area contributed by atoms with Crippen LogP contribution in [0.5, 0.6) is 0 Å². The number of benzene rings is 2. The van der Waals surface area contributed by atoms with Crippen LogP contribution in [-0.2, 0) is 4.79 Å². The molecule has 0 radical (unpaired) electrons. The van der Waals surface area contributed by atoms with Gasteiger partial charge in [0, 0.05) is 48.8 Å². The van der Waals surface area contributed by atoms with Gasteiger partial charge in [-0.05, 0) is 43.5 Å². The molecule has 1 aliphatic rings. The van der Waals surface area contributed by atoms with Crippen LogP contribution in [0.1, 0.15) is 13.8 Å². The highest BCUT2D eigenvalue weighted by Gasteiger charge is 2.15. The molecule has 2 N–H and O–H groups in total. The van der Waals surface area contributed by atoms with Crippen molar-refractivity contribution in [2.45, 2.75) is 13.8 Å². The van der Waals surface area contributed by atoms with Crippen molar-refractivity contribution in [3.8, 4) is 11.3 Å². The molecule has 1 amide bonds. The van der Waals surface area contributed by atoms with Crippen LogP contribution in [0.25, 0.3) is 11.3 Å². The quantitative estimate of drug-likeness (QED) is 0.459. The molecule has 0 spiro atoms.